The summed E-state index contributed by atoms with van der Waals surface area (Å²) in [6.45, 7) is 7.10. The van der Waals surface area contributed by atoms with Crippen LogP contribution in [0.25, 0.3) is 5.69 Å². The minimum Gasteiger partial charge on any atom is -0.318 e. The third-order valence-corrected chi connectivity index (χ3v) is 4.68. The lowest BCUT2D eigenvalue weighted by molar-refractivity contribution is -0.121. The van der Waals surface area contributed by atoms with Gasteiger partial charge < -0.3 is 9.55 Å². The largest absolute Gasteiger partial charge is 0.318 e. The van der Waals surface area contributed by atoms with Gasteiger partial charge in [0.2, 0.25) is 5.91 Å². The Morgan fingerprint density at radius 3 is 2.41 bits per heavy atom. The first-order chi connectivity index (χ1) is 13.8. The number of nitrogens with zero attached hydrogens (tertiary/aromatic N) is 2. The first-order valence-corrected chi connectivity index (χ1v) is 9.18. The Bertz CT molecular complexity index is 1130. The summed E-state index contributed by atoms with van der Waals surface area (Å²) < 4.78 is 1.97. The number of hydrazine groups is 1. The summed E-state index contributed by atoms with van der Waals surface area (Å²) in [6, 6.07) is 11.5. The fraction of sp³-hybridized carbons (Fsp3) is 0.238. The molecule has 29 heavy (non-hydrogen) atoms. The van der Waals surface area contributed by atoms with Crippen molar-refractivity contribution in [2.75, 3.05) is 0 Å². The lowest BCUT2D eigenvalue weighted by Crippen LogP contribution is -2.43. The van der Waals surface area contributed by atoms with Crippen molar-refractivity contribution < 1.29 is 9.59 Å². The highest BCUT2D eigenvalue weighted by molar-refractivity contribution is 5.97. The van der Waals surface area contributed by atoms with E-state index in [-0.39, 0.29) is 17.5 Å². The average Bonchev–Trinajstić information content (AvgIpc) is 2.97. The molecule has 2 aromatic heterocycles. The van der Waals surface area contributed by atoms with Gasteiger partial charge >= 0.3 is 0 Å². The number of aryl methyl sites for hydroxylation is 3. The topological polar surface area (TPSA) is 109 Å². The zero-order chi connectivity index (χ0) is 21.1. The number of H-pyrrole nitrogens is 1. The van der Waals surface area contributed by atoms with E-state index in [0.29, 0.717) is 17.1 Å². The van der Waals surface area contributed by atoms with Gasteiger partial charge in [0.1, 0.15) is 5.82 Å². The van der Waals surface area contributed by atoms with E-state index >= 15 is 0 Å². The zero-order valence-electron chi connectivity index (χ0n) is 16.8. The van der Waals surface area contributed by atoms with Crippen molar-refractivity contribution in [3.63, 3.8) is 0 Å². The molecular weight excluding hydrogens is 370 g/mol. The second-order valence-corrected chi connectivity index (χ2v) is 6.85. The molecule has 2 heterocycles. The van der Waals surface area contributed by atoms with Gasteiger partial charge in [-0.3, -0.25) is 25.2 Å². The molecule has 3 aromatic rings. The molecule has 2 amide bonds. The van der Waals surface area contributed by atoms with Gasteiger partial charge in [0.05, 0.1) is 12.0 Å². The normalized spacial score (nSPS) is 10.6. The van der Waals surface area contributed by atoms with Crippen LogP contribution < -0.4 is 16.4 Å². The third kappa shape index (κ3) is 4.26. The molecule has 1 aromatic carbocycles. The van der Waals surface area contributed by atoms with E-state index in [1.165, 1.54) is 0 Å². The average molecular weight is 393 g/mol. The number of para-hydroxylation sites is 1. The van der Waals surface area contributed by atoms with Gasteiger partial charge in [-0.25, -0.2) is 4.98 Å². The van der Waals surface area contributed by atoms with Crippen molar-refractivity contribution in [2.24, 2.45) is 0 Å². The third-order valence-electron chi connectivity index (χ3n) is 4.68. The van der Waals surface area contributed by atoms with Crippen LogP contribution in [0.3, 0.4) is 0 Å². The summed E-state index contributed by atoms with van der Waals surface area (Å²) in [6.07, 6.45) is -0.183. The highest BCUT2D eigenvalue weighted by Crippen LogP contribution is 2.20. The van der Waals surface area contributed by atoms with Gasteiger partial charge in [-0.1, -0.05) is 18.2 Å². The van der Waals surface area contributed by atoms with Crippen LogP contribution in [0.15, 0.2) is 41.2 Å². The van der Waals surface area contributed by atoms with Crippen LogP contribution in [0.1, 0.15) is 38.8 Å². The highest BCUT2D eigenvalue weighted by atomic mass is 16.2. The maximum atomic E-state index is 12.6. The van der Waals surface area contributed by atoms with Crippen molar-refractivity contribution in [1.82, 2.24) is 25.4 Å². The Labute approximate surface area is 168 Å². The maximum absolute atomic E-state index is 12.6. The molecule has 0 atom stereocenters. The summed E-state index contributed by atoms with van der Waals surface area (Å²) in [4.78, 5) is 43.5. The number of carbonyl (C=O) groups is 2. The van der Waals surface area contributed by atoms with Gasteiger partial charge in [0, 0.05) is 28.3 Å². The molecule has 150 valence electrons. The lowest BCUT2D eigenvalue weighted by atomic mass is 10.1. The number of hydrogen-bond acceptors (Lipinski definition) is 4. The molecular formula is C21H23N5O3. The minimum atomic E-state index is -0.505. The summed E-state index contributed by atoms with van der Waals surface area (Å²) in [5.41, 5.74) is 8.25. The molecule has 0 saturated carbocycles. The molecule has 8 heteroatoms. The molecule has 0 aliphatic rings. The molecule has 0 saturated heterocycles. The molecule has 0 spiro atoms. The number of rotatable bonds is 4. The molecule has 0 unspecified atom stereocenters. The lowest BCUT2D eigenvalue weighted by Gasteiger charge is -2.10. The van der Waals surface area contributed by atoms with Gasteiger partial charge in [-0.15, -0.1) is 0 Å². The zero-order valence-corrected chi connectivity index (χ0v) is 16.8. The quantitative estimate of drug-likeness (QED) is 0.587. The number of hydrogen-bond donors (Lipinski definition) is 3. The monoisotopic (exact) mass is 393 g/mol. The number of aromatic nitrogens is 3. The summed E-state index contributed by atoms with van der Waals surface area (Å²) >= 11 is 0. The Morgan fingerprint density at radius 1 is 1.07 bits per heavy atom. The van der Waals surface area contributed by atoms with E-state index in [4.69, 9.17) is 0 Å². The summed E-state index contributed by atoms with van der Waals surface area (Å²) in [5, 5.41) is 0. The van der Waals surface area contributed by atoms with E-state index in [9.17, 15) is 14.4 Å². The standard InChI is InChI=1S/C21H23N5O3/c1-12-10-18(14(3)26(12)16-8-6-5-7-9-16)21(29)25-24-19(27)11-17-13(2)22-15(4)23-20(17)28/h5-10H,11H2,1-4H3,(H,24,27)(H,25,29)(H,22,23,28). The Kier molecular flexibility index (Phi) is 5.63. The predicted molar refractivity (Wildman–Crippen MR) is 109 cm³/mol. The second-order valence-electron chi connectivity index (χ2n) is 6.85. The molecule has 0 aliphatic carbocycles. The van der Waals surface area contributed by atoms with E-state index in [2.05, 4.69) is 20.8 Å². The molecule has 0 bridgehead atoms. The van der Waals surface area contributed by atoms with Crippen molar-refractivity contribution in [3.8, 4) is 5.69 Å². The van der Waals surface area contributed by atoms with Gasteiger partial charge in [-0.2, -0.15) is 0 Å². The molecule has 8 nitrogen and oxygen atoms in total. The van der Waals surface area contributed by atoms with Crippen LogP contribution in [0, 0.1) is 27.7 Å². The summed E-state index contributed by atoms with van der Waals surface area (Å²) in [5.74, 6) is -0.450. The number of nitrogens with one attached hydrogen (secondary N) is 3. The molecule has 0 aliphatic heterocycles. The molecule has 3 N–H and O–H groups in total. The van der Waals surface area contributed by atoms with Gasteiger partial charge in [-0.05, 0) is 45.9 Å². The number of amides is 2. The first kappa shape index (κ1) is 20.1. The van der Waals surface area contributed by atoms with Gasteiger partial charge in [0.15, 0.2) is 0 Å². The maximum Gasteiger partial charge on any atom is 0.271 e. The summed E-state index contributed by atoms with van der Waals surface area (Å²) in [7, 11) is 0. The Hall–Kier alpha value is -3.68. The van der Waals surface area contributed by atoms with Crippen LogP contribution in [-0.4, -0.2) is 26.3 Å². The fourth-order valence-electron chi connectivity index (χ4n) is 3.32. The molecule has 0 fully saturated rings. The predicted octanol–water partition coefficient (Wildman–Crippen LogP) is 1.80. The van der Waals surface area contributed by atoms with Crippen LogP contribution in [0.5, 0.6) is 0 Å². The minimum absolute atomic E-state index is 0.183. The van der Waals surface area contributed by atoms with Crippen molar-refractivity contribution in [1.29, 1.82) is 0 Å². The second kappa shape index (κ2) is 8.14. The van der Waals surface area contributed by atoms with E-state index in [1.54, 1.807) is 19.9 Å². The van der Waals surface area contributed by atoms with E-state index in [1.807, 2.05) is 48.7 Å². The first-order valence-electron chi connectivity index (χ1n) is 9.18. The molecule has 0 radical (unpaired) electrons. The fourth-order valence-corrected chi connectivity index (χ4v) is 3.32. The number of carbonyl (C=O) groups excluding carboxylic acids is 2. The Balaban J connectivity index is 1.70. The highest BCUT2D eigenvalue weighted by Gasteiger charge is 2.18. The van der Waals surface area contributed by atoms with E-state index < -0.39 is 11.8 Å². The van der Waals surface area contributed by atoms with Crippen molar-refractivity contribution >= 4 is 11.8 Å². The smallest absolute Gasteiger partial charge is 0.271 e. The number of aromatic amines is 1. The van der Waals surface area contributed by atoms with Crippen LogP contribution in [0.4, 0.5) is 0 Å². The van der Waals surface area contributed by atoms with Crippen LogP contribution in [-0.2, 0) is 11.2 Å². The number of benzene rings is 1. The Morgan fingerprint density at radius 2 is 1.76 bits per heavy atom. The van der Waals surface area contributed by atoms with Crippen LogP contribution in [0.2, 0.25) is 0 Å². The van der Waals surface area contributed by atoms with Crippen LogP contribution >= 0.6 is 0 Å². The van der Waals surface area contributed by atoms with E-state index in [0.717, 1.165) is 17.1 Å². The van der Waals surface area contributed by atoms with Crippen molar-refractivity contribution in [2.45, 2.75) is 34.1 Å². The SMILES string of the molecule is Cc1nc(C)c(CC(=O)NNC(=O)c2cc(C)n(-c3ccccc3)c2C)c(=O)[nH]1. The van der Waals surface area contributed by atoms with Crippen molar-refractivity contribution in [3.05, 3.63) is 80.8 Å². The van der Waals surface area contributed by atoms with Gasteiger partial charge in [0.25, 0.3) is 11.5 Å². The molecule has 3 rings (SSSR count).